The number of pyridine rings is 1. The lowest BCUT2D eigenvalue weighted by molar-refractivity contribution is 0.0903. The average molecular weight is 584 g/mol. The Labute approximate surface area is 245 Å². The first-order valence-corrected chi connectivity index (χ1v) is 15.0. The Balaban J connectivity index is 1.28. The van der Waals surface area contributed by atoms with Crippen LogP contribution >= 0.6 is 22.9 Å². The minimum Gasteiger partial charge on any atom is -0.352 e. The number of likely N-dealkylation sites (tertiary alicyclic amines) is 1. The molecule has 4 heterocycles. The highest BCUT2D eigenvalue weighted by Gasteiger charge is 2.30. The molecule has 1 aliphatic heterocycles. The smallest absolute Gasteiger partial charge is 0.318 e. The van der Waals surface area contributed by atoms with Crippen LogP contribution in [0.15, 0.2) is 35.3 Å². The van der Waals surface area contributed by atoms with Gasteiger partial charge in [-0.05, 0) is 81.0 Å². The second-order valence-electron chi connectivity index (χ2n) is 10.5. The van der Waals surface area contributed by atoms with E-state index in [0.29, 0.717) is 42.1 Å². The molecule has 3 aromatic rings. The van der Waals surface area contributed by atoms with Crippen molar-refractivity contribution in [3.8, 4) is 0 Å². The molecule has 214 valence electrons. The predicted octanol–water partition coefficient (Wildman–Crippen LogP) is 4.90. The summed E-state index contributed by atoms with van der Waals surface area (Å²) < 4.78 is 0. The maximum Gasteiger partial charge on any atom is 0.318 e. The SMILES string of the molecule is Cc1cnc(CNC(=O)N(Cc2ccsc2)C2CCN([C@H](C)CCNC(=O)c3c(C)cc(Cl)nc3C)CC2)cn1. The van der Waals surface area contributed by atoms with Gasteiger partial charge in [0.05, 0.1) is 35.4 Å². The van der Waals surface area contributed by atoms with Crippen molar-refractivity contribution in [1.82, 2.24) is 35.4 Å². The van der Waals surface area contributed by atoms with Gasteiger partial charge in [0.25, 0.3) is 5.91 Å². The van der Waals surface area contributed by atoms with Crippen LogP contribution in [0.5, 0.6) is 0 Å². The molecule has 0 aromatic carbocycles. The minimum absolute atomic E-state index is 0.0786. The lowest BCUT2D eigenvalue weighted by Gasteiger charge is -2.40. The van der Waals surface area contributed by atoms with Gasteiger partial charge in [-0.15, -0.1) is 0 Å². The van der Waals surface area contributed by atoms with E-state index in [1.54, 1.807) is 36.7 Å². The van der Waals surface area contributed by atoms with Gasteiger partial charge in [-0.1, -0.05) is 11.6 Å². The number of hydrogen-bond acceptors (Lipinski definition) is 7. The van der Waals surface area contributed by atoms with Crippen LogP contribution in [0.25, 0.3) is 0 Å². The van der Waals surface area contributed by atoms with Gasteiger partial charge in [0.15, 0.2) is 0 Å². The number of carbonyl (C=O) groups is 2. The highest BCUT2D eigenvalue weighted by atomic mass is 35.5. The van der Waals surface area contributed by atoms with Crippen LogP contribution in [-0.4, -0.2) is 68.4 Å². The maximum absolute atomic E-state index is 13.3. The Morgan fingerprint density at radius 3 is 2.60 bits per heavy atom. The van der Waals surface area contributed by atoms with Crippen molar-refractivity contribution in [2.75, 3.05) is 19.6 Å². The van der Waals surface area contributed by atoms with Gasteiger partial charge in [-0.3, -0.25) is 14.8 Å². The number of nitrogens with one attached hydrogen (secondary N) is 2. The number of nitrogens with zero attached hydrogens (tertiary/aromatic N) is 5. The van der Waals surface area contributed by atoms with Crippen LogP contribution in [0.2, 0.25) is 5.15 Å². The van der Waals surface area contributed by atoms with E-state index in [2.05, 4.69) is 48.9 Å². The molecule has 3 amide bonds. The number of halogens is 1. The van der Waals surface area contributed by atoms with Crippen molar-refractivity contribution < 1.29 is 9.59 Å². The molecule has 0 aliphatic carbocycles. The number of hydrogen-bond donors (Lipinski definition) is 2. The van der Waals surface area contributed by atoms with Gasteiger partial charge >= 0.3 is 6.03 Å². The summed E-state index contributed by atoms with van der Waals surface area (Å²) in [5, 5.41) is 10.6. The lowest BCUT2D eigenvalue weighted by Crippen LogP contribution is -2.51. The molecule has 0 bridgehead atoms. The number of piperidine rings is 1. The molecule has 2 N–H and O–H groups in total. The first-order valence-electron chi connectivity index (χ1n) is 13.7. The third-order valence-corrected chi connectivity index (χ3v) is 8.38. The zero-order valence-electron chi connectivity index (χ0n) is 23.6. The first kappa shape index (κ1) is 29.9. The Bertz CT molecular complexity index is 1260. The number of aryl methyl sites for hydroxylation is 3. The van der Waals surface area contributed by atoms with Gasteiger partial charge in [-0.25, -0.2) is 9.78 Å². The molecule has 11 heteroatoms. The summed E-state index contributed by atoms with van der Waals surface area (Å²) in [5.41, 5.74) is 4.79. The van der Waals surface area contributed by atoms with Crippen LogP contribution in [0.4, 0.5) is 4.79 Å². The largest absolute Gasteiger partial charge is 0.352 e. The summed E-state index contributed by atoms with van der Waals surface area (Å²) in [6.07, 6.45) is 6.05. The quantitative estimate of drug-likeness (QED) is 0.329. The molecule has 1 atom stereocenters. The zero-order valence-corrected chi connectivity index (χ0v) is 25.2. The summed E-state index contributed by atoms with van der Waals surface area (Å²) in [4.78, 5) is 43.4. The fraction of sp³-hybridized carbons (Fsp3) is 0.483. The normalized spacial score (nSPS) is 15.0. The van der Waals surface area contributed by atoms with Crippen molar-refractivity contribution in [3.63, 3.8) is 0 Å². The number of thiophene rings is 1. The van der Waals surface area contributed by atoms with Crippen molar-refractivity contribution >= 4 is 34.9 Å². The third-order valence-electron chi connectivity index (χ3n) is 7.45. The summed E-state index contributed by atoms with van der Waals surface area (Å²) in [7, 11) is 0. The topological polar surface area (TPSA) is 103 Å². The number of rotatable bonds is 10. The van der Waals surface area contributed by atoms with Crippen molar-refractivity contribution in [2.45, 2.75) is 72.1 Å². The van der Waals surface area contributed by atoms with Crippen molar-refractivity contribution in [1.29, 1.82) is 0 Å². The fourth-order valence-electron chi connectivity index (χ4n) is 5.16. The van der Waals surface area contributed by atoms with Crippen LogP contribution in [-0.2, 0) is 13.1 Å². The lowest BCUT2D eigenvalue weighted by atomic mass is 10.0. The van der Waals surface area contributed by atoms with Crippen LogP contribution in [0.3, 0.4) is 0 Å². The van der Waals surface area contributed by atoms with Crippen molar-refractivity contribution in [2.24, 2.45) is 0 Å². The summed E-state index contributed by atoms with van der Waals surface area (Å²) in [5.74, 6) is -0.114. The van der Waals surface area contributed by atoms with Crippen LogP contribution in [0, 0.1) is 20.8 Å². The number of carbonyl (C=O) groups excluding carboxylic acids is 2. The van der Waals surface area contributed by atoms with E-state index in [0.717, 1.165) is 54.9 Å². The molecular formula is C29H38ClN7O2S. The van der Waals surface area contributed by atoms with Gasteiger partial charge in [0, 0.05) is 44.5 Å². The summed E-state index contributed by atoms with van der Waals surface area (Å²) in [6.45, 7) is 11.1. The molecular weight excluding hydrogens is 546 g/mol. The summed E-state index contributed by atoms with van der Waals surface area (Å²) >= 11 is 7.65. The van der Waals surface area contributed by atoms with E-state index in [4.69, 9.17) is 11.6 Å². The van der Waals surface area contributed by atoms with E-state index in [1.807, 2.05) is 24.1 Å². The second kappa shape index (κ2) is 14.0. The molecule has 1 fully saturated rings. The predicted molar refractivity (Wildman–Crippen MR) is 159 cm³/mol. The molecule has 1 aliphatic rings. The highest BCUT2D eigenvalue weighted by molar-refractivity contribution is 7.07. The average Bonchev–Trinajstić information content (AvgIpc) is 3.44. The van der Waals surface area contributed by atoms with Gasteiger partial charge in [-0.2, -0.15) is 11.3 Å². The molecule has 0 saturated carbocycles. The Morgan fingerprint density at radius 2 is 1.95 bits per heavy atom. The van der Waals surface area contributed by atoms with Gasteiger partial charge in [0.2, 0.25) is 0 Å². The second-order valence-corrected chi connectivity index (χ2v) is 11.6. The summed E-state index contributed by atoms with van der Waals surface area (Å²) in [6, 6.07) is 4.17. The van der Waals surface area contributed by atoms with E-state index in [9.17, 15) is 9.59 Å². The molecule has 40 heavy (non-hydrogen) atoms. The molecule has 0 spiro atoms. The van der Waals surface area contributed by atoms with Crippen LogP contribution in [0.1, 0.15) is 64.8 Å². The van der Waals surface area contributed by atoms with Crippen LogP contribution < -0.4 is 10.6 Å². The first-order chi connectivity index (χ1) is 19.2. The van der Waals surface area contributed by atoms with E-state index >= 15 is 0 Å². The van der Waals surface area contributed by atoms with E-state index in [1.165, 1.54) is 0 Å². The standard InChI is InChI=1S/C29H38ClN7O2S/c1-19-13-26(30)35-22(4)27(19)28(38)31-9-5-21(3)36-10-6-25(7-11-36)37(17-23-8-12-40-18-23)29(39)34-16-24-15-32-20(2)14-33-24/h8,12-15,18,21,25H,5-7,9-11,16-17H2,1-4H3,(H,31,38)(H,34,39)/t21-/m1/s1. The van der Waals surface area contributed by atoms with E-state index < -0.39 is 0 Å². The van der Waals surface area contributed by atoms with Gasteiger partial charge < -0.3 is 20.4 Å². The molecule has 1 saturated heterocycles. The Hall–Kier alpha value is -3.08. The highest BCUT2D eigenvalue weighted by Crippen LogP contribution is 2.23. The van der Waals surface area contributed by atoms with E-state index in [-0.39, 0.29) is 18.0 Å². The Kier molecular flexibility index (Phi) is 10.5. The Morgan fingerprint density at radius 1 is 1.18 bits per heavy atom. The molecule has 9 nitrogen and oxygen atoms in total. The molecule has 0 radical (unpaired) electrons. The number of aromatic nitrogens is 3. The molecule has 0 unspecified atom stereocenters. The monoisotopic (exact) mass is 583 g/mol. The van der Waals surface area contributed by atoms with Crippen molar-refractivity contribution in [3.05, 3.63) is 74.2 Å². The maximum atomic E-state index is 13.3. The third kappa shape index (κ3) is 7.99. The number of urea groups is 1. The molecule has 3 aromatic heterocycles. The van der Waals surface area contributed by atoms with Gasteiger partial charge in [0.1, 0.15) is 5.15 Å². The minimum atomic E-state index is -0.114. The molecule has 4 rings (SSSR count). The fourth-order valence-corrected chi connectivity index (χ4v) is 6.11. The number of amides is 3. The zero-order chi connectivity index (χ0) is 28.6.